The zero-order valence-electron chi connectivity index (χ0n) is 9.37. The van der Waals surface area contributed by atoms with Crippen molar-refractivity contribution in [1.29, 1.82) is 0 Å². The highest BCUT2D eigenvalue weighted by molar-refractivity contribution is 6.33. The van der Waals surface area contributed by atoms with Crippen molar-refractivity contribution < 1.29 is 9.53 Å². The molecular formula is C11H15ClN2O2. The summed E-state index contributed by atoms with van der Waals surface area (Å²) in [6.45, 7) is 1.04. The molecule has 0 saturated heterocycles. The molecule has 0 aliphatic carbocycles. The molecule has 1 aromatic carbocycles. The number of urea groups is 1. The van der Waals surface area contributed by atoms with E-state index in [4.69, 9.17) is 16.3 Å². The largest absolute Gasteiger partial charge is 0.383 e. The van der Waals surface area contributed by atoms with Crippen LogP contribution in [0.5, 0.6) is 0 Å². The van der Waals surface area contributed by atoms with Crippen LogP contribution in [0.15, 0.2) is 24.3 Å². The van der Waals surface area contributed by atoms with Gasteiger partial charge in [0.05, 0.1) is 17.3 Å². The van der Waals surface area contributed by atoms with Crippen molar-refractivity contribution in [1.82, 2.24) is 4.90 Å². The van der Waals surface area contributed by atoms with Crippen molar-refractivity contribution in [3.63, 3.8) is 0 Å². The number of para-hydroxylation sites is 1. The van der Waals surface area contributed by atoms with E-state index in [0.29, 0.717) is 23.9 Å². The van der Waals surface area contributed by atoms with Gasteiger partial charge in [-0.2, -0.15) is 0 Å². The molecule has 0 bridgehead atoms. The van der Waals surface area contributed by atoms with Gasteiger partial charge < -0.3 is 15.0 Å². The molecule has 0 aliphatic heterocycles. The number of anilines is 1. The first-order chi connectivity index (χ1) is 7.65. The molecule has 5 heteroatoms. The quantitative estimate of drug-likeness (QED) is 0.881. The molecule has 0 aliphatic rings. The van der Waals surface area contributed by atoms with Gasteiger partial charge in [0.15, 0.2) is 0 Å². The normalized spacial score (nSPS) is 9.94. The van der Waals surface area contributed by atoms with Crippen LogP contribution >= 0.6 is 11.6 Å². The Balaban J connectivity index is 2.54. The molecule has 0 atom stereocenters. The third kappa shape index (κ3) is 3.72. The Labute approximate surface area is 100 Å². The summed E-state index contributed by atoms with van der Waals surface area (Å²) < 4.78 is 4.89. The van der Waals surface area contributed by atoms with Crippen molar-refractivity contribution in [2.45, 2.75) is 0 Å². The van der Waals surface area contributed by atoms with E-state index in [1.165, 1.54) is 4.90 Å². The van der Waals surface area contributed by atoms with Gasteiger partial charge in [0, 0.05) is 20.7 Å². The highest BCUT2D eigenvalue weighted by Crippen LogP contribution is 2.20. The van der Waals surface area contributed by atoms with Crippen molar-refractivity contribution >= 4 is 23.3 Å². The van der Waals surface area contributed by atoms with E-state index in [9.17, 15) is 4.79 Å². The molecule has 0 fully saturated rings. The Hall–Kier alpha value is -1.26. The lowest BCUT2D eigenvalue weighted by atomic mass is 10.3. The number of nitrogens with one attached hydrogen (secondary N) is 1. The first kappa shape index (κ1) is 12.8. The Morgan fingerprint density at radius 1 is 1.50 bits per heavy atom. The van der Waals surface area contributed by atoms with Gasteiger partial charge in [-0.25, -0.2) is 4.79 Å². The molecule has 2 amide bonds. The number of amides is 2. The summed E-state index contributed by atoms with van der Waals surface area (Å²) in [7, 11) is 3.30. The van der Waals surface area contributed by atoms with Crippen LogP contribution in [0.1, 0.15) is 0 Å². The molecule has 1 aromatic rings. The zero-order valence-corrected chi connectivity index (χ0v) is 10.1. The standard InChI is InChI=1S/C11H15ClN2O2/c1-14(7-8-16-2)11(15)13-10-6-4-3-5-9(10)12/h3-6H,7-8H2,1-2H3,(H,13,15). The van der Waals surface area contributed by atoms with Crippen LogP contribution in [0.25, 0.3) is 0 Å². The lowest BCUT2D eigenvalue weighted by molar-refractivity contribution is 0.165. The first-order valence-electron chi connectivity index (χ1n) is 4.90. The van der Waals surface area contributed by atoms with Crippen LogP contribution < -0.4 is 5.32 Å². The van der Waals surface area contributed by atoms with Gasteiger partial charge in [0.25, 0.3) is 0 Å². The first-order valence-corrected chi connectivity index (χ1v) is 5.28. The SMILES string of the molecule is COCCN(C)C(=O)Nc1ccccc1Cl. The maximum Gasteiger partial charge on any atom is 0.321 e. The fourth-order valence-electron chi connectivity index (χ4n) is 1.10. The molecule has 0 spiro atoms. The molecule has 1 N–H and O–H groups in total. The smallest absolute Gasteiger partial charge is 0.321 e. The average Bonchev–Trinajstić information content (AvgIpc) is 2.28. The average molecular weight is 243 g/mol. The lowest BCUT2D eigenvalue weighted by Gasteiger charge is -2.17. The van der Waals surface area contributed by atoms with Crippen LogP contribution in [0, 0.1) is 0 Å². The van der Waals surface area contributed by atoms with E-state index in [1.807, 2.05) is 12.1 Å². The summed E-state index contributed by atoms with van der Waals surface area (Å²) in [5.74, 6) is 0. The molecule has 4 nitrogen and oxygen atoms in total. The lowest BCUT2D eigenvalue weighted by Crippen LogP contribution is -2.33. The van der Waals surface area contributed by atoms with Gasteiger partial charge in [-0.1, -0.05) is 23.7 Å². The van der Waals surface area contributed by atoms with E-state index >= 15 is 0 Å². The number of hydrogen-bond donors (Lipinski definition) is 1. The molecule has 1 rings (SSSR count). The van der Waals surface area contributed by atoms with E-state index in [0.717, 1.165) is 0 Å². The molecule has 0 unspecified atom stereocenters. The fourth-order valence-corrected chi connectivity index (χ4v) is 1.29. The summed E-state index contributed by atoms with van der Waals surface area (Å²) >= 11 is 5.92. The van der Waals surface area contributed by atoms with Crippen LogP contribution in [0.2, 0.25) is 5.02 Å². The molecule has 16 heavy (non-hydrogen) atoms. The van der Waals surface area contributed by atoms with Gasteiger partial charge in [0.2, 0.25) is 0 Å². The Bertz CT molecular complexity index is 358. The molecule has 0 saturated carbocycles. The third-order valence-electron chi connectivity index (χ3n) is 2.09. The van der Waals surface area contributed by atoms with Crippen LogP contribution in [0.4, 0.5) is 10.5 Å². The van der Waals surface area contributed by atoms with Crippen LogP contribution in [-0.4, -0.2) is 38.2 Å². The van der Waals surface area contributed by atoms with Gasteiger partial charge in [-0.05, 0) is 12.1 Å². The summed E-state index contributed by atoms with van der Waals surface area (Å²) in [6, 6.07) is 6.91. The van der Waals surface area contributed by atoms with E-state index < -0.39 is 0 Å². The number of hydrogen-bond acceptors (Lipinski definition) is 2. The number of methoxy groups -OCH3 is 1. The van der Waals surface area contributed by atoms with E-state index in [1.54, 1.807) is 26.3 Å². The van der Waals surface area contributed by atoms with Gasteiger partial charge in [0.1, 0.15) is 0 Å². The number of likely N-dealkylation sites (N-methyl/N-ethyl adjacent to an activating group) is 1. The molecule has 0 heterocycles. The van der Waals surface area contributed by atoms with Crippen molar-refractivity contribution in [2.24, 2.45) is 0 Å². The predicted octanol–water partition coefficient (Wildman–Crippen LogP) is 2.45. The van der Waals surface area contributed by atoms with Crippen LogP contribution in [-0.2, 0) is 4.74 Å². The van der Waals surface area contributed by atoms with Crippen LogP contribution in [0.3, 0.4) is 0 Å². The number of rotatable bonds is 4. The summed E-state index contributed by atoms with van der Waals surface area (Å²) in [4.78, 5) is 13.2. The Morgan fingerprint density at radius 2 is 2.19 bits per heavy atom. The number of ether oxygens (including phenoxy) is 1. The van der Waals surface area contributed by atoms with E-state index in [2.05, 4.69) is 5.32 Å². The molecular weight excluding hydrogens is 228 g/mol. The van der Waals surface area contributed by atoms with E-state index in [-0.39, 0.29) is 6.03 Å². The van der Waals surface area contributed by atoms with Gasteiger partial charge in [-0.3, -0.25) is 0 Å². The second-order valence-electron chi connectivity index (χ2n) is 3.32. The highest BCUT2D eigenvalue weighted by atomic mass is 35.5. The predicted molar refractivity (Wildman–Crippen MR) is 65.0 cm³/mol. The number of nitrogens with zero attached hydrogens (tertiary/aromatic N) is 1. The van der Waals surface area contributed by atoms with Gasteiger partial charge >= 0.3 is 6.03 Å². The number of carbonyl (C=O) groups excluding carboxylic acids is 1. The second-order valence-corrected chi connectivity index (χ2v) is 3.73. The van der Waals surface area contributed by atoms with Gasteiger partial charge in [-0.15, -0.1) is 0 Å². The minimum atomic E-state index is -0.204. The fraction of sp³-hybridized carbons (Fsp3) is 0.364. The van der Waals surface area contributed by atoms with Crippen molar-refractivity contribution in [2.75, 3.05) is 32.6 Å². The summed E-state index contributed by atoms with van der Waals surface area (Å²) in [6.07, 6.45) is 0. The Kier molecular flexibility index (Phi) is 5.08. The summed E-state index contributed by atoms with van der Waals surface area (Å²) in [5, 5.41) is 3.24. The number of benzene rings is 1. The molecule has 88 valence electrons. The maximum absolute atomic E-state index is 11.7. The maximum atomic E-state index is 11.7. The monoisotopic (exact) mass is 242 g/mol. The summed E-state index contributed by atoms with van der Waals surface area (Å²) in [5.41, 5.74) is 0.610. The highest BCUT2D eigenvalue weighted by Gasteiger charge is 2.09. The van der Waals surface area contributed by atoms with Crippen molar-refractivity contribution in [3.8, 4) is 0 Å². The topological polar surface area (TPSA) is 41.6 Å². The number of carbonyl (C=O) groups is 1. The minimum Gasteiger partial charge on any atom is -0.383 e. The third-order valence-corrected chi connectivity index (χ3v) is 2.42. The molecule has 0 radical (unpaired) electrons. The van der Waals surface area contributed by atoms with Crippen molar-refractivity contribution in [3.05, 3.63) is 29.3 Å². The zero-order chi connectivity index (χ0) is 12.0. The molecule has 0 aromatic heterocycles. The minimum absolute atomic E-state index is 0.204. The number of halogens is 1. The second kappa shape index (κ2) is 6.35. The Morgan fingerprint density at radius 3 is 2.81 bits per heavy atom.